The second-order valence-corrected chi connectivity index (χ2v) is 4.53. The van der Waals surface area contributed by atoms with Crippen molar-refractivity contribution in [3.63, 3.8) is 0 Å². The van der Waals surface area contributed by atoms with Gasteiger partial charge < -0.3 is 4.74 Å². The van der Waals surface area contributed by atoms with Gasteiger partial charge >= 0.3 is 12.1 Å². The average molecular weight is 294 g/mol. The minimum atomic E-state index is -4.70. The molecule has 9 heteroatoms. The molecule has 2 atom stereocenters. The monoisotopic (exact) mass is 294 g/mol. The number of ether oxygens (including phenoxy) is 2. The van der Waals surface area contributed by atoms with Crippen molar-refractivity contribution in [1.29, 1.82) is 0 Å². The Morgan fingerprint density at radius 3 is 2.80 bits per heavy atom. The Morgan fingerprint density at radius 1 is 1.45 bits per heavy atom. The van der Waals surface area contributed by atoms with Gasteiger partial charge in [-0.15, -0.1) is 13.2 Å². The predicted octanol–water partition coefficient (Wildman–Crippen LogP) is 1.06. The molecule has 1 aliphatic heterocycles. The second-order valence-electron chi connectivity index (χ2n) is 4.53. The number of alkyl halides is 3. The van der Waals surface area contributed by atoms with Gasteiger partial charge in [0.2, 0.25) is 0 Å². The van der Waals surface area contributed by atoms with Crippen molar-refractivity contribution in [3.05, 3.63) is 32.6 Å². The van der Waals surface area contributed by atoms with Crippen LogP contribution in [0.4, 0.5) is 13.2 Å². The summed E-state index contributed by atoms with van der Waals surface area (Å²) in [6, 6.07) is 0. The van der Waals surface area contributed by atoms with E-state index in [1.165, 1.54) is 17.7 Å². The summed E-state index contributed by atoms with van der Waals surface area (Å²) in [7, 11) is 0. The third kappa shape index (κ3) is 3.48. The van der Waals surface area contributed by atoms with Crippen LogP contribution in [0.1, 0.15) is 24.6 Å². The fourth-order valence-electron chi connectivity index (χ4n) is 2.00. The molecule has 0 bridgehead atoms. The van der Waals surface area contributed by atoms with Crippen molar-refractivity contribution in [3.8, 4) is 0 Å². The molecule has 0 spiro atoms. The highest BCUT2D eigenvalue weighted by atomic mass is 19.4. The number of H-pyrrole nitrogens is 1. The molecule has 1 N–H and O–H groups in total. The maximum absolute atomic E-state index is 11.9. The molecule has 6 nitrogen and oxygen atoms in total. The third-order valence-electron chi connectivity index (χ3n) is 2.97. The van der Waals surface area contributed by atoms with Gasteiger partial charge in [-0.1, -0.05) is 0 Å². The lowest BCUT2D eigenvalue weighted by Crippen LogP contribution is -2.33. The molecule has 1 aromatic rings. The molecule has 1 fully saturated rings. The molecule has 1 saturated heterocycles. The van der Waals surface area contributed by atoms with E-state index in [0.717, 1.165) is 0 Å². The topological polar surface area (TPSA) is 73.3 Å². The molecular weight excluding hydrogens is 281 g/mol. The van der Waals surface area contributed by atoms with E-state index in [4.69, 9.17) is 4.74 Å². The van der Waals surface area contributed by atoms with Gasteiger partial charge in [-0.05, 0) is 19.8 Å². The van der Waals surface area contributed by atoms with Gasteiger partial charge in [-0.2, -0.15) is 0 Å². The van der Waals surface area contributed by atoms with Crippen molar-refractivity contribution in [2.75, 3.05) is 6.61 Å². The van der Waals surface area contributed by atoms with E-state index in [0.29, 0.717) is 18.4 Å². The first-order chi connectivity index (χ1) is 9.26. The van der Waals surface area contributed by atoms with Crippen LogP contribution >= 0.6 is 0 Å². The van der Waals surface area contributed by atoms with Crippen LogP contribution in [0.2, 0.25) is 0 Å². The molecule has 0 radical (unpaired) electrons. The normalized spacial score (nSPS) is 23.2. The van der Waals surface area contributed by atoms with E-state index in [-0.39, 0.29) is 0 Å². The molecule has 0 saturated carbocycles. The Bertz CT molecular complexity index is 593. The van der Waals surface area contributed by atoms with Crippen molar-refractivity contribution in [2.24, 2.45) is 0 Å². The summed E-state index contributed by atoms with van der Waals surface area (Å²) in [5.41, 5.74) is -0.826. The van der Waals surface area contributed by atoms with Crippen LogP contribution in [0.5, 0.6) is 0 Å². The van der Waals surface area contributed by atoms with E-state index >= 15 is 0 Å². The van der Waals surface area contributed by atoms with Crippen LogP contribution in [-0.2, 0) is 9.47 Å². The lowest BCUT2D eigenvalue weighted by molar-refractivity contribution is -0.331. The molecule has 0 unspecified atom stereocenters. The van der Waals surface area contributed by atoms with E-state index < -0.39 is 36.6 Å². The third-order valence-corrected chi connectivity index (χ3v) is 2.97. The summed E-state index contributed by atoms with van der Waals surface area (Å²) in [6.07, 6.45) is -4.09. The zero-order chi connectivity index (χ0) is 14.9. The highest BCUT2D eigenvalue weighted by Crippen LogP contribution is 2.28. The highest BCUT2D eigenvalue weighted by molar-refractivity contribution is 5.01. The number of nitrogens with one attached hydrogen (secondary N) is 1. The molecular formula is C11H13F3N2O4. The maximum atomic E-state index is 11.9. The molecule has 2 rings (SSSR count). The van der Waals surface area contributed by atoms with E-state index in [1.54, 1.807) is 0 Å². The Labute approximate surface area is 111 Å². The number of aromatic amines is 1. The summed E-state index contributed by atoms with van der Waals surface area (Å²) in [6.45, 7) is 0.908. The van der Waals surface area contributed by atoms with Gasteiger partial charge in [0.1, 0.15) is 6.23 Å². The second kappa shape index (κ2) is 5.41. The predicted molar refractivity (Wildman–Crippen MR) is 61.2 cm³/mol. The minimum absolute atomic E-state index is 0.322. The van der Waals surface area contributed by atoms with Crippen LogP contribution in [-0.4, -0.2) is 28.6 Å². The molecule has 1 aliphatic rings. The van der Waals surface area contributed by atoms with Gasteiger partial charge in [-0.25, -0.2) is 4.79 Å². The Morgan fingerprint density at radius 2 is 2.15 bits per heavy atom. The SMILES string of the molecule is Cc1cn([C@H]2CC[C@@H](COC(F)(F)F)O2)c(=O)[nH]c1=O. The van der Waals surface area contributed by atoms with Crippen molar-refractivity contribution >= 4 is 0 Å². The largest absolute Gasteiger partial charge is 0.522 e. The number of hydrogen-bond acceptors (Lipinski definition) is 4. The van der Waals surface area contributed by atoms with Crippen LogP contribution in [0.25, 0.3) is 0 Å². The molecule has 1 aromatic heterocycles. The fraction of sp³-hybridized carbons (Fsp3) is 0.636. The molecule has 112 valence electrons. The first-order valence-electron chi connectivity index (χ1n) is 5.94. The summed E-state index contributed by atoms with van der Waals surface area (Å²) in [5.74, 6) is 0. The summed E-state index contributed by atoms with van der Waals surface area (Å²) in [4.78, 5) is 25.0. The zero-order valence-electron chi connectivity index (χ0n) is 10.6. The van der Waals surface area contributed by atoms with Crippen LogP contribution < -0.4 is 11.2 Å². The Balaban J connectivity index is 2.05. The van der Waals surface area contributed by atoms with Crippen LogP contribution in [0.3, 0.4) is 0 Å². The lowest BCUT2D eigenvalue weighted by atomic mass is 10.2. The van der Waals surface area contributed by atoms with Crippen LogP contribution in [0.15, 0.2) is 15.8 Å². The van der Waals surface area contributed by atoms with Gasteiger partial charge in [0.25, 0.3) is 5.56 Å². The number of nitrogens with zero attached hydrogens (tertiary/aromatic N) is 1. The van der Waals surface area contributed by atoms with E-state index in [2.05, 4.69) is 9.72 Å². The molecule has 0 aliphatic carbocycles. The smallest absolute Gasteiger partial charge is 0.352 e. The van der Waals surface area contributed by atoms with Gasteiger partial charge in [0.05, 0.1) is 12.7 Å². The summed E-state index contributed by atoms with van der Waals surface area (Å²) >= 11 is 0. The first-order valence-corrected chi connectivity index (χ1v) is 5.94. The summed E-state index contributed by atoms with van der Waals surface area (Å²) in [5, 5.41) is 0. The number of hydrogen-bond donors (Lipinski definition) is 1. The van der Waals surface area contributed by atoms with Gasteiger partial charge in [0.15, 0.2) is 0 Å². The van der Waals surface area contributed by atoms with Gasteiger partial charge in [-0.3, -0.25) is 19.1 Å². The molecule has 2 heterocycles. The number of aryl methyl sites for hydroxylation is 1. The van der Waals surface area contributed by atoms with Crippen molar-refractivity contribution in [1.82, 2.24) is 9.55 Å². The van der Waals surface area contributed by atoms with E-state index in [1.807, 2.05) is 0 Å². The van der Waals surface area contributed by atoms with Crippen LogP contribution in [0, 0.1) is 6.92 Å². The Hall–Kier alpha value is -1.61. The standard InChI is InChI=1S/C11H13F3N2O4/c1-6-4-16(10(18)15-9(6)17)8-3-2-7(20-8)5-19-11(12,13)14/h4,7-8H,2-3,5H2,1H3,(H,15,17,18)/t7-,8+/m0/s1. The fourth-order valence-corrected chi connectivity index (χ4v) is 2.00. The van der Waals surface area contributed by atoms with Gasteiger partial charge in [0, 0.05) is 11.8 Å². The minimum Gasteiger partial charge on any atom is -0.352 e. The number of aromatic nitrogens is 2. The molecule has 0 aromatic carbocycles. The first kappa shape index (κ1) is 14.8. The maximum Gasteiger partial charge on any atom is 0.522 e. The Kier molecular flexibility index (Phi) is 4.00. The zero-order valence-corrected chi connectivity index (χ0v) is 10.6. The van der Waals surface area contributed by atoms with E-state index in [9.17, 15) is 22.8 Å². The lowest BCUT2D eigenvalue weighted by Gasteiger charge is -2.16. The number of rotatable bonds is 3. The van der Waals surface area contributed by atoms with Crippen molar-refractivity contribution in [2.45, 2.75) is 38.5 Å². The highest BCUT2D eigenvalue weighted by Gasteiger charge is 2.34. The molecule has 20 heavy (non-hydrogen) atoms. The summed E-state index contributed by atoms with van der Waals surface area (Å²) < 4.78 is 46.0. The number of halogens is 3. The molecule has 0 amide bonds. The quantitative estimate of drug-likeness (QED) is 0.904. The average Bonchev–Trinajstić information content (AvgIpc) is 2.79. The van der Waals surface area contributed by atoms with Crippen molar-refractivity contribution < 1.29 is 22.6 Å².